The Labute approximate surface area is 412 Å². The van der Waals surface area contributed by atoms with E-state index in [1.807, 2.05) is 0 Å². The van der Waals surface area contributed by atoms with Crippen LogP contribution in [0.5, 0.6) is 0 Å². The summed E-state index contributed by atoms with van der Waals surface area (Å²) < 4.78 is 0. The van der Waals surface area contributed by atoms with E-state index in [0.29, 0.717) is 0 Å². The summed E-state index contributed by atoms with van der Waals surface area (Å²) in [7, 11) is 0. The number of hydrogen-bond acceptors (Lipinski definition) is 3. The largest absolute Gasteiger partial charge is 0.310 e. The molecule has 11 aromatic carbocycles. The first-order valence-electron chi connectivity index (χ1n) is 24.1. The molecule has 0 aliphatic heterocycles. The lowest BCUT2D eigenvalue weighted by molar-refractivity contribution is 1.27. The van der Waals surface area contributed by atoms with Crippen molar-refractivity contribution >= 4 is 62.0 Å². The molecule has 0 fully saturated rings. The summed E-state index contributed by atoms with van der Waals surface area (Å²) in [5.74, 6) is 0. The van der Waals surface area contributed by atoms with Gasteiger partial charge in [-0.05, 0) is 203 Å². The predicted octanol–water partition coefficient (Wildman–Crippen LogP) is 19.2. The van der Waals surface area contributed by atoms with E-state index in [9.17, 15) is 0 Å². The van der Waals surface area contributed by atoms with Crippen LogP contribution in [0.4, 0.5) is 51.2 Å². The van der Waals surface area contributed by atoms with Crippen LogP contribution in [0.25, 0.3) is 44.2 Å². The van der Waals surface area contributed by atoms with Gasteiger partial charge in [0.1, 0.15) is 0 Å². The summed E-state index contributed by atoms with van der Waals surface area (Å²) in [6.45, 7) is 6.45. The molecule has 0 unspecified atom stereocenters. The number of rotatable bonds is 12. The molecular weight excluding hydrogens is 847 g/mol. The van der Waals surface area contributed by atoms with E-state index in [2.05, 4.69) is 302 Å². The van der Waals surface area contributed by atoms with Crippen molar-refractivity contribution in [1.82, 2.24) is 0 Å². The Bertz CT molecular complexity index is 3550. The number of para-hydroxylation sites is 3. The molecule has 0 N–H and O–H groups in total. The lowest BCUT2D eigenvalue weighted by Gasteiger charge is -2.26. The third kappa shape index (κ3) is 8.97. The number of nitrogens with zero attached hydrogens (tertiary/aromatic N) is 3. The monoisotopic (exact) mass is 899 g/mol. The molecule has 336 valence electrons. The van der Waals surface area contributed by atoms with E-state index in [0.717, 1.165) is 73.4 Å². The molecule has 0 saturated carbocycles. The normalized spacial score (nSPS) is 11.1. The van der Waals surface area contributed by atoms with E-state index in [1.165, 1.54) is 38.6 Å². The van der Waals surface area contributed by atoms with Gasteiger partial charge in [-0.15, -0.1) is 0 Å². The highest BCUT2D eigenvalue weighted by Crippen LogP contribution is 2.43. The van der Waals surface area contributed by atoms with Crippen molar-refractivity contribution in [2.75, 3.05) is 14.7 Å². The second kappa shape index (κ2) is 19.4. The summed E-state index contributed by atoms with van der Waals surface area (Å²) in [5, 5.41) is 2.40. The number of benzene rings is 11. The molecule has 3 heteroatoms. The fourth-order valence-corrected chi connectivity index (χ4v) is 9.80. The Morgan fingerprint density at radius 1 is 0.200 bits per heavy atom. The maximum Gasteiger partial charge on any atom is 0.0464 e. The van der Waals surface area contributed by atoms with Crippen LogP contribution in [0.1, 0.15) is 16.7 Å². The summed E-state index contributed by atoms with van der Waals surface area (Å²) in [5.41, 5.74) is 20.7. The summed E-state index contributed by atoms with van der Waals surface area (Å²) in [6, 6.07) is 96.8. The minimum atomic E-state index is 1.10. The van der Waals surface area contributed by atoms with E-state index in [4.69, 9.17) is 0 Å². The van der Waals surface area contributed by atoms with E-state index < -0.39 is 0 Å². The van der Waals surface area contributed by atoms with Gasteiger partial charge in [-0.25, -0.2) is 0 Å². The second-order valence-corrected chi connectivity index (χ2v) is 18.1. The van der Waals surface area contributed by atoms with Crippen molar-refractivity contribution in [2.45, 2.75) is 20.8 Å². The molecule has 70 heavy (non-hydrogen) atoms. The van der Waals surface area contributed by atoms with Gasteiger partial charge in [0, 0.05) is 51.2 Å². The van der Waals surface area contributed by atoms with Crippen molar-refractivity contribution in [3.63, 3.8) is 0 Å². The Morgan fingerprint density at radius 3 is 0.914 bits per heavy atom. The molecule has 0 aromatic heterocycles. The predicted molar refractivity (Wildman–Crippen MR) is 299 cm³/mol. The lowest BCUT2D eigenvalue weighted by atomic mass is 9.89. The van der Waals surface area contributed by atoms with Gasteiger partial charge in [0.05, 0.1) is 0 Å². The molecule has 0 spiro atoms. The molecule has 0 saturated heterocycles. The van der Waals surface area contributed by atoms with Gasteiger partial charge < -0.3 is 14.7 Å². The highest BCUT2D eigenvalue weighted by Gasteiger charge is 2.18. The van der Waals surface area contributed by atoms with Crippen LogP contribution >= 0.6 is 0 Å². The highest BCUT2D eigenvalue weighted by atomic mass is 15.2. The molecule has 0 atom stereocenters. The van der Waals surface area contributed by atoms with Crippen molar-refractivity contribution in [3.8, 4) is 33.4 Å². The maximum atomic E-state index is 2.39. The third-order valence-corrected chi connectivity index (χ3v) is 13.2. The van der Waals surface area contributed by atoms with Gasteiger partial charge in [0.15, 0.2) is 0 Å². The smallest absolute Gasteiger partial charge is 0.0464 e. The van der Waals surface area contributed by atoms with Crippen molar-refractivity contribution in [1.29, 1.82) is 0 Å². The van der Waals surface area contributed by atoms with Crippen molar-refractivity contribution in [2.24, 2.45) is 0 Å². The summed E-state index contributed by atoms with van der Waals surface area (Å²) in [6.07, 6.45) is 0. The van der Waals surface area contributed by atoms with Gasteiger partial charge in [-0.2, -0.15) is 0 Å². The van der Waals surface area contributed by atoms with Crippen LogP contribution in [-0.4, -0.2) is 0 Å². The average molecular weight is 900 g/mol. The van der Waals surface area contributed by atoms with Crippen LogP contribution in [0.15, 0.2) is 267 Å². The van der Waals surface area contributed by atoms with Gasteiger partial charge in [-0.1, -0.05) is 146 Å². The average Bonchev–Trinajstić information content (AvgIpc) is 3.40. The zero-order valence-electron chi connectivity index (χ0n) is 39.7. The molecule has 0 heterocycles. The van der Waals surface area contributed by atoms with E-state index in [1.54, 1.807) is 0 Å². The Morgan fingerprint density at radius 2 is 0.529 bits per heavy atom. The van der Waals surface area contributed by atoms with Crippen molar-refractivity contribution in [3.05, 3.63) is 284 Å². The van der Waals surface area contributed by atoms with Crippen LogP contribution in [0, 0.1) is 20.8 Å². The molecular formula is C67H53N3. The molecule has 0 aliphatic rings. The van der Waals surface area contributed by atoms with Crippen molar-refractivity contribution < 1.29 is 0 Å². The Balaban J connectivity index is 1.04. The van der Waals surface area contributed by atoms with E-state index in [-0.39, 0.29) is 0 Å². The summed E-state index contributed by atoms with van der Waals surface area (Å²) >= 11 is 0. The summed E-state index contributed by atoms with van der Waals surface area (Å²) in [4.78, 5) is 7.00. The Kier molecular flexibility index (Phi) is 12.1. The quantitative estimate of drug-likeness (QED) is 0.121. The lowest BCUT2D eigenvalue weighted by Crippen LogP contribution is -2.09. The Hall–Kier alpha value is -8.92. The first-order valence-corrected chi connectivity index (χ1v) is 24.1. The van der Waals surface area contributed by atoms with Crippen LogP contribution in [0.3, 0.4) is 0 Å². The molecule has 3 nitrogen and oxygen atoms in total. The zero-order valence-corrected chi connectivity index (χ0v) is 39.7. The van der Waals surface area contributed by atoms with Gasteiger partial charge >= 0.3 is 0 Å². The van der Waals surface area contributed by atoms with Crippen LogP contribution < -0.4 is 14.7 Å². The van der Waals surface area contributed by atoms with Gasteiger partial charge in [-0.3, -0.25) is 0 Å². The number of hydrogen-bond donors (Lipinski definition) is 0. The first-order chi connectivity index (χ1) is 34.4. The fraction of sp³-hybridized carbons (Fsp3) is 0.0448. The maximum absolute atomic E-state index is 2.39. The first kappa shape index (κ1) is 43.6. The van der Waals surface area contributed by atoms with Crippen LogP contribution in [-0.2, 0) is 0 Å². The molecule has 11 rings (SSSR count). The van der Waals surface area contributed by atoms with Gasteiger partial charge in [0.2, 0.25) is 0 Å². The van der Waals surface area contributed by atoms with E-state index >= 15 is 0 Å². The molecule has 0 bridgehead atoms. The zero-order chi connectivity index (χ0) is 47.4. The number of fused-ring (bicyclic) bond motifs is 1. The highest BCUT2D eigenvalue weighted by molar-refractivity contribution is 6.07. The molecule has 11 aromatic rings. The standard InChI is InChI=1S/C67H53N3/c1-48-17-13-26-61(43-48)68(55-20-7-4-8-21-55)58-37-31-51(32-38-58)54-46-66(53-35-41-60(42-36-53)70(57-24-11-6-12-25-57)63-28-15-19-50(3)45-63)65-30-16-29-64(67(65)47-54)52-33-39-59(40-34-52)69(56-22-9-5-10-23-56)62-27-14-18-49(2)44-62/h4-47H,1-3H3. The minimum Gasteiger partial charge on any atom is -0.310 e. The topological polar surface area (TPSA) is 9.72 Å². The van der Waals surface area contributed by atoms with Crippen LogP contribution in [0.2, 0.25) is 0 Å². The third-order valence-electron chi connectivity index (χ3n) is 13.2. The minimum absolute atomic E-state index is 1.10. The number of anilines is 9. The molecule has 0 amide bonds. The second-order valence-electron chi connectivity index (χ2n) is 18.1. The van der Waals surface area contributed by atoms with Gasteiger partial charge in [0.25, 0.3) is 0 Å². The molecule has 0 radical (unpaired) electrons. The molecule has 0 aliphatic carbocycles. The SMILES string of the molecule is Cc1cccc(N(c2ccccc2)c2ccc(-c3cc(-c4ccc(N(c5ccccc5)c5cccc(C)c5)cc4)c4cccc(-c5ccc(N(c6ccccc6)c6cccc(C)c6)cc5)c4c3)cc2)c1. The number of aryl methyl sites for hydroxylation is 3. The fourth-order valence-electron chi connectivity index (χ4n) is 9.80.